The molecule has 98 valence electrons. The van der Waals surface area contributed by atoms with Gasteiger partial charge in [0.1, 0.15) is 0 Å². The van der Waals surface area contributed by atoms with Crippen molar-refractivity contribution in [2.75, 3.05) is 0 Å². The molecule has 7 heteroatoms. The zero-order valence-electron chi connectivity index (χ0n) is 10.9. The lowest BCUT2D eigenvalue weighted by molar-refractivity contribution is 0.532. The summed E-state index contributed by atoms with van der Waals surface area (Å²) in [6.45, 7) is 4.47. The quantitative estimate of drug-likeness (QED) is 0.757. The Kier molecular flexibility index (Phi) is 2.75. The van der Waals surface area contributed by atoms with Gasteiger partial charge in [0, 0.05) is 17.8 Å². The summed E-state index contributed by atoms with van der Waals surface area (Å²) < 4.78 is 3.57. The van der Waals surface area contributed by atoms with E-state index in [4.69, 9.17) is 5.73 Å². The van der Waals surface area contributed by atoms with Gasteiger partial charge in [-0.3, -0.25) is 4.68 Å². The SMILES string of the molecule is CC(C)n1cc(-c2ccc3nnc(CN)n3n2)cn1. The van der Waals surface area contributed by atoms with E-state index in [0.717, 1.165) is 11.3 Å². The molecule has 0 unspecified atom stereocenters. The molecule has 0 fully saturated rings. The molecule has 0 saturated heterocycles. The van der Waals surface area contributed by atoms with Crippen LogP contribution in [0.2, 0.25) is 0 Å². The number of fused-ring (bicyclic) bond motifs is 1. The third-order valence-electron chi connectivity index (χ3n) is 2.94. The Morgan fingerprint density at radius 2 is 2.11 bits per heavy atom. The molecule has 0 saturated carbocycles. The van der Waals surface area contributed by atoms with Gasteiger partial charge in [0.15, 0.2) is 11.5 Å². The van der Waals surface area contributed by atoms with Gasteiger partial charge in [0.2, 0.25) is 0 Å². The Balaban J connectivity index is 2.08. The highest BCUT2D eigenvalue weighted by Gasteiger charge is 2.09. The Morgan fingerprint density at radius 3 is 2.79 bits per heavy atom. The number of hydrogen-bond donors (Lipinski definition) is 1. The first kappa shape index (κ1) is 11.8. The molecule has 3 aromatic rings. The number of rotatable bonds is 3. The van der Waals surface area contributed by atoms with E-state index in [1.807, 2.05) is 23.0 Å². The fourth-order valence-electron chi connectivity index (χ4n) is 1.87. The van der Waals surface area contributed by atoms with Crippen LogP contribution in [-0.4, -0.2) is 29.6 Å². The van der Waals surface area contributed by atoms with Gasteiger partial charge in [-0.15, -0.1) is 10.2 Å². The second-order valence-electron chi connectivity index (χ2n) is 4.61. The standard InChI is InChI=1S/C12H15N7/c1-8(2)18-7-9(6-14-18)10-3-4-11-15-16-12(5-13)19(11)17-10/h3-4,6-8H,5,13H2,1-2H3. The zero-order valence-corrected chi connectivity index (χ0v) is 10.9. The van der Waals surface area contributed by atoms with Crippen LogP contribution in [0.4, 0.5) is 0 Å². The van der Waals surface area contributed by atoms with Crippen molar-refractivity contribution in [3.8, 4) is 11.3 Å². The lowest BCUT2D eigenvalue weighted by Gasteiger charge is -2.03. The van der Waals surface area contributed by atoms with Crippen LogP contribution >= 0.6 is 0 Å². The summed E-state index contributed by atoms with van der Waals surface area (Å²) in [7, 11) is 0. The molecule has 7 nitrogen and oxygen atoms in total. The van der Waals surface area contributed by atoms with Crippen LogP contribution < -0.4 is 5.73 Å². The van der Waals surface area contributed by atoms with Gasteiger partial charge in [-0.1, -0.05) is 0 Å². The van der Waals surface area contributed by atoms with Gasteiger partial charge in [-0.25, -0.2) is 0 Å². The molecule has 0 bridgehead atoms. The van der Waals surface area contributed by atoms with Gasteiger partial charge in [0.05, 0.1) is 18.4 Å². The Morgan fingerprint density at radius 1 is 1.26 bits per heavy atom. The molecule has 0 aromatic carbocycles. The van der Waals surface area contributed by atoms with E-state index in [2.05, 4.69) is 34.2 Å². The maximum Gasteiger partial charge on any atom is 0.177 e. The van der Waals surface area contributed by atoms with Crippen LogP contribution in [0.1, 0.15) is 25.7 Å². The molecule has 3 heterocycles. The first-order valence-corrected chi connectivity index (χ1v) is 6.15. The molecule has 19 heavy (non-hydrogen) atoms. The summed E-state index contributed by atoms with van der Waals surface area (Å²) in [5, 5.41) is 16.8. The molecule has 3 aromatic heterocycles. The van der Waals surface area contributed by atoms with E-state index in [-0.39, 0.29) is 0 Å². The summed E-state index contributed by atoms with van der Waals surface area (Å²) in [4.78, 5) is 0. The van der Waals surface area contributed by atoms with Crippen LogP contribution in [-0.2, 0) is 6.54 Å². The van der Waals surface area contributed by atoms with Crippen LogP contribution in [0.3, 0.4) is 0 Å². The van der Waals surface area contributed by atoms with Crippen molar-refractivity contribution >= 4 is 5.65 Å². The second-order valence-corrected chi connectivity index (χ2v) is 4.61. The number of nitrogens with zero attached hydrogens (tertiary/aromatic N) is 6. The maximum atomic E-state index is 5.61. The van der Waals surface area contributed by atoms with Gasteiger partial charge in [0.25, 0.3) is 0 Å². The molecule has 0 aliphatic rings. The van der Waals surface area contributed by atoms with Crippen molar-refractivity contribution in [3.63, 3.8) is 0 Å². The average Bonchev–Trinajstić information content (AvgIpc) is 3.04. The van der Waals surface area contributed by atoms with Crippen LogP contribution in [0, 0.1) is 0 Å². The minimum Gasteiger partial charge on any atom is -0.324 e. The third kappa shape index (κ3) is 1.97. The lowest BCUT2D eigenvalue weighted by Crippen LogP contribution is -2.05. The smallest absolute Gasteiger partial charge is 0.177 e. The normalized spacial score (nSPS) is 11.6. The number of nitrogens with two attached hydrogens (primary N) is 1. The molecule has 0 amide bonds. The fraction of sp³-hybridized carbons (Fsp3) is 0.333. The van der Waals surface area contributed by atoms with Crippen molar-refractivity contribution < 1.29 is 0 Å². The van der Waals surface area contributed by atoms with Gasteiger partial charge < -0.3 is 5.73 Å². The monoisotopic (exact) mass is 257 g/mol. The summed E-state index contributed by atoms with van der Waals surface area (Å²) >= 11 is 0. The minimum atomic E-state index is 0.308. The summed E-state index contributed by atoms with van der Waals surface area (Å²) in [5.41, 5.74) is 8.10. The number of hydrogen-bond acceptors (Lipinski definition) is 5. The predicted molar refractivity (Wildman–Crippen MR) is 70.3 cm³/mol. The Labute approximate surface area is 110 Å². The minimum absolute atomic E-state index is 0.308. The first-order valence-electron chi connectivity index (χ1n) is 6.15. The average molecular weight is 257 g/mol. The summed E-state index contributed by atoms with van der Waals surface area (Å²) in [6, 6.07) is 4.11. The van der Waals surface area contributed by atoms with E-state index in [0.29, 0.717) is 24.1 Å². The van der Waals surface area contributed by atoms with Crippen LogP contribution in [0.25, 0.3) is 16.9 Å². The van der Waals surface area contributed by atoms with Crippen LogP contribution in [0.5, 0.6) is 0 Å². The van der Waals surface area contributed by atoms with E-state index in [1.165, 1.54) is 0 Å². The molecule has 0 aliphatic heterocycles. The highest BCUT2D eigenvalue weighted by molar-refractivity contribution is 5.58. The van der Waals surface area contributed by atoms with Crippen molar-refractivity contribution in [1.29, 1.82) is 0 Å². The molecule has 0 radical (unpaired) electrons. The highest BCUT2D eigenvalue weighted by Crippen LogP contribution is 2.18. The fourth-order valence-corrected chi connectivity index (χ4v) is 1.87. The molecular weight excluding hydrogens is 242 g/mol. The van der Waals surface area contributed by atoms with Crippen molar-refractivity contribution in [1.82, 2.24) is 29.6 Å². The third-order valence-corrected chi connectivity index (χ3v) is 2.94. The Bertz CT molecular complexity index is 710. The Hall–Kier alpha value is -2.28. The van der Waals surface area contributed by atoms with Crippen molar-refractivity contribution in [2.45, 2.75) is 26.4 Å². The maximum absolute atomic E-state index is 5.61. The van der Waals surface area contributed by atoms with Crippen molar-refractivity contribution in [3.05, 3.63) is 30.4 Å². The molecule has 0 spiro atoms. The van der Waals surface area contributed by atoms with Gasteiger partial charge >= 0.3 is 0 Å². The van der Waals surface area contributed by atoms with Gasteiger partial charge in [-0.2, -0.15) is 14.7 Å². The van der Waals surface area contributed by atoms with E-state index < -0.39 is 0 Å². The summed E-state index contributed by atoms with van der Waals surface area (Å²) in [6.07, 6.45) is 3.78. The predicted octanol–water partition coefficient (Wildman–Crippen LogP) is 1.03. The largest absolute Gasteiger partial charge is 0.324 e. The molecule has 2 N–H and O–H groups in total. The van der Waals surface area contributed by atoms with E-state index >= 15 is 0 Å². The lowest BCUT2D eigenvalue weighted by atomic mass is 10.2. The highest BCUT2D eigenvalue weighted by atomic mass is 15.4. The molecule has 3 rings (SSSR count). The zero-order chi connectivity index (χ0) is 13.4. The van der Waals surface area contributed by atoms with Gasteiger partial charge in [-0.05, 0) is 26.0 Å². The molecule has 0 atom stereocenters. The van der Waals surface area contributed by atoms with E-state index in [1.54, 1.807) is 10.7 Å². The molecule has 0 aliphatic carbocycles. The van der Waals surface area contributed by atoms with Crippen molar-refractivity contribution in [2.24, 2.45) is 5.73 Å². The van der Waals surface area contributed by atoms with E-state index in [9.17, 15) is 0 Å². The molecular formula is C12H15N7. The first-order chi connectivity index (χ1) is 9.19. The topological polar surface area (TPSA) is 86.9 Å². The van der Waals surface area contributed by atoms with Crippen LogP contribution in [0.15, 0.2) is 24.5 Å². The summed E-state index contributed by atoms with van der Waals surface area (Å²) in [5.74, 6) is 0.646. The second kappa shape index (κ2) is 4.43. The number of aromatic nitrogens is 6.